The maximum atomic E-state index is 10.6. The number of fused-ring (bicyclic) bond motifs is 1. The van der Waals surface area contributed by atoms with Gasteiger partial charge in [0.1, 0.15) is 5.76 Å². The molecule has 0 saturated carbocycles. The van der Waals surface area contributed by atoms with Gasteiger partial charge in [-0.3, -0.25) is 19.9 Å². The second-order valence-corrected chi connectivity index (χ2v) is 6.02. The van der Waals surface area contributed by atoms with Crippen LogP contribution in [-0.2, 0) is 4.79 Å². The number of H-pyrrole nitrogens is 1. The average Bonchev–Trinajstić information content (AvgIpc) is 3.29. The highest BCUT2D eigenvalue weighted by Crippen LogP contribution is 2.28. The molecule has 0 aliphatic heterocycles. The Morgan fingerprint density at radius 3 is 2.76 bits per heavy atom. The molecule has 8 nitrogen and oxygen atoms in total. The Morgan fingerprint density at radius 1 is 1.12 bits per heavy atom. The zero-order chi connectivity index (χ0) is 17.2. The number of benzene rings is 1. The number of nitrogens with one attached hydrogen (secondary N) is 1. The van der Waals surface area contributed by atoms with E-state index in [1.54, 1.807) is 18.5 Å². The fourth-order valence-electron chi connectivity index (χ4n) is 2.28. The Labute approximate surface area is 145 Å². The first-order valence-corrected chi connectivity index (χ1v) is 8.26. The lowest BCUT2D eigenvalue weighted by atomic mass is 10.1. The maximum absolute atomic E-state index is 10.6. The van der Waals surface area contributed by atoms with Crippen LogP contribution in [0.4, 0.5) is 0 Å². The van der Waals surface area contributed by atoms with Gasteiger partial charge in [0, 0.05) is 18.0 Å². The van der Waals surface area contributed by atoms with E-state index in [-0.39, 0.29) is 5.75 Å². The molecule has 4 rings (SSSR count). The Bertz CT molecular complexity index is 1060. The molecule has 1 aromatic carbocycles. The fourth-order valence-corrected chi connectivity index (χ4v) is 2.80. The van der Waals surface area contributed by atoms with Gasteiger partial charge in [-0.25, -0.2) is 0 Å². The van der Waals surface area contributed by atoms with Crippen LogP contribution in [0.1, 0.15) is 0 Å². The van der Waals surface area contributed by atoms with Crippen molar-refractivity contribution in [3.05, 3.63) is 42.7 Å². The van der Waals surface area contributed by atoms with Gasteiger partial charge in [-0.15, -0.1) is 5.10 Å². The number of aromatic nitrogens is 5. The quantitative estimate of drug-likeness (QED) is 0.526. The first kappa shape index (κ1) is 15.3. The molecular formula is C16H11N5O3S. The van der Waals surface area contributed by atoms with E-state index >= 15 is 0 Å². The van der Waals surface area contributed by atoms with Gasteiger partial charge in [-0.2, -0.15) is 4.98 Å². The molecule has 0 amide bonds. The number of carbonyl (C=O) groups is 1. The highest BCUT2D eigenvalue weighted by Gasteiger charge is 2.13. The minimum Gasteiger partial charge on any atom is -0.481 e. The average molecular weight is 353 g/mol. The maximum Gasteiger partial charge on any atom is 0.313 e. The Morgan fingerprint density at radius 2 is 1.92 bits per heavy atom. The second-order valence-electron chi connectivity index (χ2n) is 5.07. The number of rotatable bonds is 5. The van der Waals surface area contributed by atoms with E-state index < -0.39 is 5.97 Å². The number of hydrogen-bond donors (Lipinski definition) is 2. The first-order chi connectivity index (χ1) is 12.2. The Kier molecular flexibility index (Phi) is 3.90. The lowest BCUT2D eigenvalue weighted by Crippen LogP contribution is -1.97. The Hall–Kier alpha value is -3.20. The second kappa shape index (κ2) is 6.36. The van der Waals surface area contributed by atoms with Gasteiger partial charge in [0.2, 0.25) is 5.16 Å². The van der Waals surface area contributed by atoms with Gasteiger partial charge in [-0.05, 0) is 30.3 Å². The van der Waals surface area contributed by atoms with Crippen molar-refractivity contribution in [2.24, 2.45) is 0 Å². The monoisotopic (exact) mass is 353 g/mol. The molecular weight excluding hydrogens is 342 g/mol. The summed E-state index contributed by atoms with van der Waals surface area (Å²) in [6.07, 6.45) is 3.29. The van der Waals surface area contributed by atoms with Crippen molar-refractivity contribution < 1.29 is 14.3 Å². The van der Waals surface area contributed by atoms with Crippen LogP contribution < -0.4 is 0 Å². The number of thioether (sulfide) groups is 1. The van der Waals surface area contributed by atoms with E-state index in [2.05, 4.69) is 25.1 Å². The van der Waals surface area contributed by atoms with Crippen LogP contribution in [0.15, 0.2) is 52.3 Å². The van der Waals surface area contributed by atoms with E-state index in [4.69, 9.17) is 9.52 Å². The van der Waals surface area contributed by atoms with Crippen molar-refractivity contribution in [2.45, 2.75) is 5.16 Å². The SMILES string of the molecule is O=C(O)CSc1n[nH]c(-c2ccc(-c3ccc4nccnc4c3)o2)n1. The van der Waals surface area contributed by atoms with Crippen LogP contribution in [0, 0.1) is 0 Å². The smallest absolute Gasteiger partial charge is 0.313 e. The third kappa shape index (κ3) is 3.22. The standard InChI is InChI=1S/C16H11N5O3S/c22-14(23)8-25-16-19-15(20-21-16)13-4-3-12(24-13)9-1-2-10-11(7-9)18-6-5-17-10/h1-7H,8H2,(H,22,23)(H,19,20,21). The van der Waals surface area contributed by atoms with Crippen LogP contribution in [-0.4, -0.2) is 42.0 Å². The molecule has 3 aromatic heterocycles. The molecule has 0 aliphatic carbocycles. The molecule has 0 radical (unpaired) electrons. The molecule has 25 heavy (non-hydrogen) atoms. The zero-order valence-corrected chi connectivity index (χ0v) is 13.5. The van der Waals surface area contributed by atoms with Gasteiger partial charge in [0.25, 0.3) is 0 Å². The lowest BCUT2D eigenvalue weighted by Gasteiger charge is -1.99. The molecule has 0 aliphatic rings. The van der Waals surface area contributed by atoms with Crippen molar-refractivity contribution in [1.29, 1.82) is 0 Å². The molecule has 2 N–H and O–H groups in total. The van der Waals surface area contributed by atoms with E-state index in [9.17, 15) is 4.79 Å². The highest BCUT2D eigenvalue weighted by molar-refractivity contribution is 7.99. The summed E-state index contributed by atoms with van der Waals surface area (Å²) in [6.45, 7) is 0. The number of hydrogen-bond acceptors (Lipinski definition) is 7. The third-order valence-electron chi connectivity index (χ3n) is 3.38. The summed E-state index contributed by atoms with van der Waals surface area (Å²) in [6, 6.07) is 9.31. The predicted octanol–water partition coefficient (Wildman–Crippen LogP) is 2.85. The van der Waals surface area contributed by atoms with Gasteiger partial charge in [0.15, 0.2) is 11.6 Å². The highest BCUT2D eigenvalue weighted by atomic mass is 32.2. The first-order valence-electron chi connectivity index (χ1n) is 7.27. The molecule has 0 atom stereocenters. The molecule has 0 fully saturated rings. The van der Waals surface area contributed by atoms with Crippen molar-refractivity contribution in [3.63, 3.8) is 0 Å². The third-order valence-corrected chi connectivity index (χ3v) is 4.21. The number of carboxylic acids is 1. The number of nitrogens with zero attached hydrogens (tertiary/aromatic N) is 4. The van der Waals surface area contributed by atoms with E-state index in [1.165, 1.54) is 0 Å². The van der Waals surface area contributed by atoms with Crippen molar-refractivity contribution >= 4 is 28.8 Å². The van der Waals surface area contributed by atoms with Crippen LogP contribution in [0.2, 0.25) is 0 Å². The van der Waals surface area contributed by atoms with Crippen LogP contribution in [0.5, 0.6) is 0 Å². The van der Waals surface area contributed by atoms with E-state index in [0.29, 0.717) is 22.5 Å². The van der Waals surface area contributed by atoms with E-state index in [1.807, 2.05) is 24.3 Å². The van der Waals surface area contributed by atoms with Gasteiger partial charge in [0.05, 0.1) is 16.8 Å². The summed E-state index contributed by atoms with van der Waals surface area (Å²) in [7, 11) is 0. The minimum absolute atomic E-state index is 0.0984. The molecule has 3 heterocycles. The van der Waals surface area contributed by atoms with Gasteiger partial charge in [-0.1, -0.05) is 11.8 Å². The summed E-state index contributed by atoms with van der Waals surface area (Å²) in [4.78, 5) is 23.3. The van der Waals surface area contributed by atoms with Crippen LogP contribution >= 0.6 is 11.8 Å². The summed E-state index contributed by atoms with van der Waals surface area (Å²) in [5.74, 6) is 0.608. The number of aliphatic carboxylic acids is 1. The summed E-state index contributed by atoms with van der Waals surface area (Å²) >= 11 is 1.04. The van der Waals surface area contributed by atoms with Crippen LogP contribution in [0.25, 0.3) is 33.9 Å². The summed E-state index contributed by atoms with van der Waals surface area (Å²) in [5, 5.41) is 15.8. The lowest BCUT2D eigenvalue weighted by molar-refractivity contribution is -0.133. The topological polar surface area (TPSA) is 118 Å². The molecule has 9 heteroatoms. The molecule has 0 spiro atoms. The Balaban J connectivity index is 1.60. The summed E-state index contributed by atoms with van der Waals surface area (Å²) < 4.78 is 5.84. The molecule has 0 bridgehead atoms. The zero-order valence-electron chi connectivity index (χ0n) is 12.7. The molecule has 0 saturated heterocycles. The minimum atomic E-state index is -0.920. The molecule has 4 aromatic rings. The van der Waals surface area contributed by atoms with Crippen molar-refractivity contribution in [1.82, 2.24) is 25.1 Å². The van der Waals surface area contributed by atoms with Crippen LogP contribution in [0.3, 0.4) is 0 Å². The van der Waals surface area contributed by atoms with Gasteiger partial charge < -0.3 is 9.52 Å². The number of furan rings is 1. The predicted molar refractivity (Wildman–Crippen MR) is 91.0 cm³/mol. The number of aromatic amines is 1. The largest absolute Gasteiger partial charge is 0.481 e. The van der Waals surface area contributed by atoms with Crippen molar-refractivity contribution in [2.75, 3.05) is 5.75 Å². The fraction of sp³-hybridized carbons (Fsp3) is 0.0625. The number of carboxylic acid groups (broad SMARTS) is 1. The summed E-state index contributed by atoms with van der Waals surface area (Å²) in [5.41, 5.74) is 2.47. The molecule has 124 valence electrons. The van der Waals surface area contributed by atoms with Gasteiger partial charge >= 0.3 is 5.97 Å². The normalized spacial score (nSPS) is 11.0. The van der Waals surface area contributed by atoms with Crippen molar-refractivity contribution in [3.8, 4) is 22.9 Å². The molecule has 0 unspecified atom stereocenters. The van der Waals surface area contributed by atoms with E-state index in [0.717, 1.165) is 28.4 Å².